The molecule has 0 atom stereocenters. The van der Waals surface area contributed by atoms with Crippen molar-refractivity contribution in [3.8, 4) is 0 Å². The summed E-state index contributed by atoms with van der Waals surface area (Å²) < 4.78 is 3.25. The molecule has 0 saturated heterocycles. The van der Waals surface area contributed by atoms with Gasteiger partial charge in [-0.2, -0.15) is 0 Å². The number of guanidine groups is 1. The van der Waals surface area contributed by atoms with Gasteiger partial charge in [0.25, 0.3) is 0 Å². The van der Waals surface area contributed by atoms with Gasteiger partial charge in [0.05, 0.1) is 12.9 Å². The van der Waals surface area contributed by atoms with Crippen molar-refractivity contribution in [2.75, 3.05) is 19.6 Å². The van der Waals surface area contributed by atoms with Gasteiger partial charge in [-0.3, -0.25) is 4.99 Å². The van der Waals surface area contributed by atoms with Gasteiger partial charge in [0.15, 0.2) is 5.96 Å². The minimum Gasteiger partial charge on any atom is -0.357 e. The molecule has 0 amide bonds. The highest BCUT2D eigenvalue weighted by Crippen LogP contribution is 2.50. The van der Waals surface area contributed by atoms with Crippen LogP contribution in [0.2, 0.25) is 0 Å². The topological polar surface area (TPSA) is 54.2 Å². The maximum absolute atomic E-state index is 4.83. The fourth-order valence-corrected chi connectivity index (χ4v) is 3.55. The maximum atomic E-state index is 4.83. The molecule has 1 heterocycles. The average Bonchev–Trinajstić information content (AvgIpc) is 3.19. The van der Waals surface area contributed by atoms with E-state index < -0.39 is 0 Å². The third-order valence-electron chi connectivity index (χ3n) is 4.40. The van der Waals surface area contributed by atoms with Crippen molar-refractivity contribution < 1.29 is 0 Å². The summed E-state index contributed by atoms with van der Waals surface area (Å²) in [5, 5.41) is 6.74. The maximum Gasteiger partial charge on any atom is 0.191 e. The Bertz CT molecular complexity index is 676. The van der Waals surface area contributed by atoms with Crippen molar-refractivity contribution in [1.29, 1.82) is 0 Å². The van der Waals surface area contributed by atoms with Crippen molar-refractivity contribution in [3.05, 3.63) is 53.0 Å². The number of aromatic nitrogens is 2. The van der Waals surface area contributed by atoms with E-state index in [2.05, 4.69) is 67.3 Å². The molecular weight excluding hydrogens is 366 g/mol. The smallest absolute Gasteiger partial charge is 0.191 e. The summed E-state index contributed by atoms with van der Waals surface area (Å²) in [4.78, 5) is 8.89. The van der Waals surface area contributed by atoms with Crippen LogP contribution in [0, 0.1) is 0 Å². The standard InChI is InChI=1S/C18H24BrN5/c1-2-21-17(22-10-12-24-11-9-20-14-24)23-13-18(7-8-18)15-5-3-4-6-16(15)19/h3-6,9,11,14H,2,7-8,10,12-13H2,1H3,(H2,21,22,23). The van der Waals surface area contributed by atoms with Crippen LogP contribution in [-0.2, 0) is 12.0 Å². The van der Waals surface area contributed by atoms with Crippen molar-refractivity contribution in [2.24, 2.45) is 4.99 Å². The number of hydrogen-bond donors (Lipinski definition) is 2. The highest BCUT2D eigenvalue weighted by molar-refractivity contribution is 9.10. The molecule has 24 heavy (non-hydrogen) atoms. The molecular formula is C18H24BrN5. The average molecular weight is 390 g/mol. The molecule has 0 radical (unpaired) electrons. The Labute approximate surface area is 151 Å². The van der Waals surface area contributed by atoms with Crippen molar-refractivity contribution in [2.45, 2.75) is 31.7 Å². The number of benzene rings is 1. The summed E-state index contributed by atoms with van der Waals surface area (Å²) in [5.74, 6) is 0.885. The van der Waals surface area contributed by atoms with Crippen LogP contribution in [0.5, 0.6) is 0 Å². The first kappa shape index (κ1) is 17.0. The van der Waals surface area contributed by atoms with Gasteiger partial charge in [0.1, 0.15) is 0 Å². The molecule has 0 bridgehead atoms. The summed E-state index contributed by atoms with van der Waals surface area (Å²) in [7, 11) is 0. The Kier molecular flexibility index (Phi) is 5.56. The molecule has 128 valence electrons. The number of rotatable bonds is 7. The molecule has 1 aliphatic rings. The van der Waals surface area contributed by atoms with E-state index in [1.54, 1.807) is 6.20 Å². The first-order chi connectivity index (χ1) is 11.7. The SMILES string of the molecule is CCNC(=NCC1(c2ccccc2Br)CC1)NCCn1ccnc1. The molecule has 1 saturated carbocycles. The summed E-state index contributed by atoms with van der Waals surface area (Å²) in [5.41, 5.74) is 1.58. The van der Waals surface area contributed by atoms with E-state index >= 15 is 0 Å². The predicted molar refractivity (Wildman–Crippen MR) is 101 cm³/mol. The summed E-state index contributed by atoms with van der Waals surface area (Å²) in [6.07, 6.45) is 8.00. The van der Waals surface area contributed by atoms with Crippen molar-refractivity contribution >= 4 is 21.9 Å². The van der Waals surface area contributed by atoms with Gasteiger partial charge < -0.3 is 15.2 Å². The third-order valence-corrected chi connectivity index (χ3v) is 5.10. The van der Waals surface area contributed by atoms with Gasteiger partial charge in [-0.25, -0.2) is 4.98 Å². The number of halogens is 1. The molecule has 6 heteroatoms. The molecule has 0 unspecified atom stereocenters. The molecule has 2 N–H and O–H groups in total. The van der Waals surface area contributed by atoms with E-state index in [1.807, 2.05) is 12.5 Å². The highest BCUT2D eigenvalue weighted by atomic mass is 79.9. The lowest BCUT2D eigenvalue weighted by atomic mass is 9.96. The van der Waals surface area contributed by atoms with Gasteiger partial charge >= 0.3 is 0 Å². The first-order valence-corrected chi connectivity index (χ1v) is 9.26. The van der Waals surface area contributed by atoms with Crippen LogP contribution in [0.3, 0.4) is 0 Å². The van der Waals surface area contributed by atoms with Crippen LogP contribution in [0.25, 0.3) is 0 Å². The van der Waals surface area contributed by atoms with Gasteiger partial charge in [0.2, 0.25) is 0 Å². The van der Waals surface area contributed by atoms with Crippen molar-refractivity contribution in [3.63, 3.8) is 0 Å². The second kappa shape index (κ2) is 7.83. The monoisotopic (exact) mass is 389 g/mol. The highest BCUT2D eigenvalue weighted by Gasteiger charge is 2.45. The zero-order chi connectivity index (χ0) is 16.8. The van der Waals surface area contributed by atoms with E-state index in [1.165, 1.54) is 22.9 Å². The Balaban J connectivity index is 1.60. The second-order valence-electron chi connectivity index (χ2n) is 6.18. The van der Waals surface area contributed by atoms with Crippen LogP contribution < -0.4 is 10.6 Å². The zero-order valence-electron chi connectivity index (χ0n) is 14.0. The van der Waals surface area contributed by atoms with Crippen LogP contribution in [0.15, 0.2) is 52.5 Å². The van der Waals surface area contributed by atoms with Crippen LogP contribution in [-0.4, -0.2) is 35.1 Å². The molecule has 5 nitrogen and oxygen atoms in total. The van der Waals surface area contributed by atoms with E-state index in [-0.39, 0.29) is 5.41 Å². The summed E-state index contributed by atoms with van der Waals surface area (Å²) in [6, 6.07) is 8.51. The molecule has 1 aromatic carbocycles. The van der Waals surface area contributed by atoms with E-state index in [9.17, 15) is 0 Å². The predicted octanol–water partition coefficient (Wildman–Crippen LogP) is 2.93. The van der Waals surface area contributed by atoms with Crippen LogP contribution in [0.1, 0.15) is 25.3 Å². The van der Waals surface area contributed by atoms with E-state index in [4.69, 9.17) is 4.99 Å². The lowest BCUT2D eigenvalue weighted by molar-refractivity contribution is 0.652. The lowest BCUT2D eigenvalue weighted by Crippen LogP contribution is -2.39. The van der Waals surface area contributed by atoms with Gasteiger partial charge in [0, 0.05) is 41.9 Å². The second-order valence-corrected chi connectivity index (χ2v) is 7.04. The number of imidazole rings is 1. The quantitative estimate of drug-likeness (QED) is 0.565. The number of hydrogen-bond acceptors (Lipinski definition) is 2. The Morgan fingerprint density at radius 2 is 2.17 bits per heavy atom. The molecule has 1 aliphatic carbocycles. The Hall–Kier alpha value is -1.82. The van der Waals surface area contributed by atoms with E-state index in [0.717, 1.165) is 32.1 Å². The normalized spacial score (nSPS) is 16.0. The molecule has 0 aliphatic heterocycles. The number of aliphatic imine (C=N–C) groups is 1. The van der Waals surface area contributed by atoms with Crippen LogP contribution >= 0.6 is 15.9 Å². The number of nitrogens with zero attached hydrogens (tertiary/aromatic N) is 3. The third kappa shape index (κ3) is 4.17. The van der Waals surface area contributed by atoms with Gasteiger partial charge in [-0.05, 0) is 31.4 Å². The molecule has 1 aromatic heterocycles. The fraction of sp³-hybridized carbons (Fsp3) is 0.444. The first-order valence-electron chi connectivity index (χ1n) is 8.46. The van der Waals surface area contributed by atoms with Gasteiger partial charge in [-0.1, -0.05) is 34.1 Å². The zero-order valence-corrected chi connectivity index (χ0v) is 15.6. The molecule has 3 rings (SSSR count). The van der Waals surface area contributed by atoms with Gasteiger partial charge in [-0.15, -0.1) is 0 Å². The molecule has 1 fully saturated rings. The minimum atomic E-state index is 0.201. The summed E-state index contributed by atoms with van der Waals surface area (Å²) >= 11 is 3.69. The number of nitrogens with one attached hydrogen (secondary N) is 2. The molecule has 0 spiro atoms. The Morgan fingerprint density at radius 1 is 1.33 bits per heavy atom. The Morgan fingerprint density at radius 3 is 2.83 bits per heavy atom. The van der Waals surface area contributed by atoms with Crippen molar-refractivity contribution in [1.82, 2.24) is 20.2 Å². The van der Waals surface area contributed by atoms with E-state index in [0.29, 0.717) is 0 Å². The fourth-order valence-electron chi connectivity index (χ4n) is 2.85. The van der Waals surface area contributed by atoms with Crippen LogP contribution in [0.4, 0.5) is 0 Å². The lowest BCUT2D eigenvalue weighted by Gasteiger charge is -2.17. The minimum absolute atomic E-state index is 0.201. The largest absolute Gasteiger partial charge is 0.357 e. The molecule has 2 aromatic rings. The summed E-state index contributed by atoms with van der Waals surface area (Å²) in [6.45, 7) is 5.46.